The zero-order chi connectivity index (χ0) is 8.97. The van der Waals surface area contributed by atoms with E-state index in [1.54, 1.807) is 13.2 Å². The molecular weight excluding hydrogens is 172 g/mol. The molecule has 0 saturated heterocycles. The predicted octanol–water partition coefficient (Wildman–Crippen LogP) is 3.08. The van der Waals surface area contributed by atoms with E-state index in [0.717, 1.165) is 16.9 Å². The Morgan fingerprint density at radius 1 is 1.58 bits per heavy atom. The van der Waals surface area contributed by atoms with E-state index in [1.165, 1.54) is 0 Å². The third-order valence-corrected chi connectivity index (χ3v) is 1.98. The summed E-state index contributed by atoms with van der Waals surface area (Å²) in [7, 11) is 1.64. The van der Waals surface area contributed by atoms with Crippen LogP contribution in [0, 0.1) is 0 Å². The average Bonchev–Trinajstić information content (AvgIpc) is 2.16. The Hall–Kier alpha value is -0.950. The van der Waals surface area contributed by atoms with Crippen LogP contribution in [0.1, 0.15) is 11.1 Å². The van der Waals surface area contributed by atoms with Gasteiger partial charge in [0.2, 0.25) is 0 Å². The molecule has 0 N–H and O–H groups in total. The highest BCUT2D eigenvalue weighted by molar-refractivity contribution is 6.17. The Morgan fingerprint density at radius 3 is 2.83 bits per heavy atom. The van der Waals surface area contributed by atoms with Crippen LogP contribution in [0.5, 0.6) is 5.75 Å². The van der Waals surface area contributed by atoms with Crippen molar-refractivity contribution < 1.29 is 4.74 Å². The lowest BCUT2D eigenvalue weighted by atomic mass is 10.1. The predicted molar refractivity (Wildman–Crippen MR) is 52.6 cm³/mol. The zero-order valence-electron chi connectivity index (χ0n) is 7.01. The molecular formula is C10H11ClO. The van der Waals surface area contributed by atoms with Crippen molar-refractivity contribution in [3.05, 3.63) is 35.9 Å². The minimum Gasteiger partial charge on any atom is -0.496 e. The average molecular weight is 183 g/mol. The lowest BCUT2D eigenvalue weighted by molar-refractivity contribution is 0.413. The van der Waals surface area contributed by atoms with Crippen molar-refractivity contribution in [3.63, 3.8) is 0 Å². The van der Waals surface area contributed by atoms with Gasteiger partial charge in [0.05, 0.1) is 7.11 Å². The van der Waals surface area contributed by atoms with Crippen LogP contribution in [-0.4, -0.2) is 7.11 Å². The molecule has 0 atom stereocenters. The minimum atomic E-state index is 0.508. The summed E-state index contributed by atoms with van der Waals surface area (Å²) in [6.45, 7) is 3.68. The van der Waals surface area contributed by atoms with Crippen molar-refractivity contribution >= 4 is 17.7 Å². The number of ether oxygens (including phenoxy) is 1. The fraction of sp³-hybridized carbons (Fsp3) is 0.200. The maximum absolute atomic E-state index is 5.67. The van der Waals surface area contributed by atoms with Gasteiger partial charge >= 0.3 is 0 Å². The molecule has 1 aromatic carbocycles. The Labute approximate surface area is 77.6 Å². The lowest BCUT2D eigenvalue weighted by Gasteiger charge is -2.05. The number of hydrogen-bond donors (Lipinski definition) is 0. The Kier molecular flexibility index (Phi) is 3.18. The first-order valence-electron chi connectivity index (χ1n) is 3.67. The van der Waals surface area contributed by atoms with Gasteiger partial charge in [-0.15, -0.1) is 11.6 Å². The molecule has 0 radical (unpaired) electrons. The molecule has 1 nitrogen and oxygen atoms in total. The van der Waals surface area contributed by atoms with Gasteiger partial charge in [0.15, 0.2) is 0 Å². The molecule has 0 heterocycles. The van der Waals surface area contributed by atoms with E-state index >= 15 is 0 Å². The first-order valence-corrected chi connectivity index (χ1v) is 4.20. The first-order chi connectivity index (χ1) is 5.81. The molecule has 0 saturated carbocycles. The number of alkyl halides is 1. The summed E-state index contributed by atoms with van der Waals surface area (Å²) in [6.07, 6.45) is 1.76. The quantitative estimate of drug-likeness (QED) is 0.653. The van der Waals surface area contributed by atoms with Gasteiger partial charge in [-0.2, -0.15) is 0 Å². The largest absolute Gasteiger partial charge is 0.496 e. The molecule has 0 unspecified atom stereocenters. The summed E-state index contributed by atoms with van der Waals surface area (Å²) in [5, 5.41) is 0. The SMILES string of the molecule is C=Cc1ccc(CCl)cc1OC. The molecule has 0 aromatic heterocycles. The van der Waals surface area contributed by atoms with Crippen LogP contribution in [0.25, 0.3) is 6.08 Å². The maximum atomic E-state index is 5.67. The van der Waals surface area contributed by atoms with Gasteiger partial charge in [-0.1, -0.05) is 24.8 Å². The van der Waals surface area contributed by atoms with Crippen LogP contribution >= 0.6 is 11.6 Å². The second kappa shape index (κ2) is 4.17. The molecule has 0 aliphatic rings. The van der Waals surface area contributed by atoms with Crippen LogP contribution in [0.3, 0.4) is 0 Å². The fourth-order valence-corrected chi connectivity index (χ4v) is 1.17. The van der Waals surface area contributed by atoms with Crippen LogP contribution in [0.4, 0.5) is 0 Å². The molecule has 0 amide bonds. The highest BCUT2D eigenvalue weighted by Crippen LogP contribution is 2.21. The second-order valence-corrected chi connectivity index (χ2v) is 2.68. The number of halogens is 1. The Balaban J connectivity index is 3.10. The molecule has 64 valence electrons. The van der Waals surface area contributed by atoms with Crippen molar-refractivity contribution in [2.45, 2.75) is 5.88 Å². The summed E-state index contributed by atoms with van der Waals surface area (Å²) in [5.41, 5.74) is 2.05. The van der Waals surface area contributed by atoms with Crippen LogP contribution in [0.2, 0.25) is 0 Å². The standard InChI is InChI=1S/C10H11ClO/c1-3-9-5-4-8(7-11)6-10(9)12-2/h3-6H,1,7H2,2H3. The molecule has 12 heavy (non-hydrogen) atoms. The summed E-state index contributed by atoms with van der Waals surface area (Å²) < 4.78 is 5.15. The normalized spacial score (nSPS) is 9.50. The number of hydrogen-bond acceptors (Lipinski definition) is 1. The molecule has 2 heteroatoms. The molecule has 0 aliphatic heterocycles. The van der Waals surface area contributed by atoms with Crippen LogP contribution in [0.15, 0.2) is 24.8 Å². The second-order valence-electron chi connectivity index (χ2n) is 2.41. The minimum absolute atomic E-state index is 0.508. The Morgan fingerprint density at radius 2 is 2.33 bits per heavy atom. The highest BCUT2D eigenvalue weighted by Gasteiger charge is 1.99. The van der Waals surface area contributed by atoms with Crippen LogP contribution in [-0.2, 0) is 5.88 Å². The highest BCUT2D eigenvalue weighted by atomic mass is 35.5. The summed E-state index contributed by atoms with van der Waals surface area (Å²) in [6, 6.07) is 5.83. The van der Waals surface area contributed by atoms with Gasteiger partial charge in [0.1, 0.15) is 5.75 Å². The van der Waals surface area contributed by atoms with Gasteiger partial charge in [-0.05, 0) is 11.6 Å². The van der Waals surface area contributed by atoms with E-state index in [4.69, 9.17) is 16.3 Å². The van der Waals surface area contributed by atoms with Gasteiger partial charge in [-0.3, -0.25) is 0 Å². The zero-order valence-corrected chi connectivity index (χ0v) is 7.77. The topological polar surface area (TPSA) is 9.23 Å². The summed E-state index contributed by atoms with van der Waals surface area (Å²) in [5.74, 6) is 1.33. The number of rotatable bonds is 3. The molecule has 0 fully saturated rings. The maximum Gasteiger partial charge on any atom is 0.126 e. The van der Waals surface area contributed by atoms with E-state index in [9.17, 15) is 0 Å². The van der Waals surface area contributed by atoms with E-state index in [0.29, 0.717) is 5.88 Å². The van der Waals surface area contributed by atoms with Crippen LogP contribution < -0.4 is 4.74 Å². The van der Waals surface area contributed by atoms with Gasteiger partial charge in [-0.25, -0.2) is 0 Å². The fourth-order valence-electron chi connectivity index (χ4n) is 1.01. The first kappa shape index (κ1) is 9.14. The van der Waals surface area contributed by atoms with E-state index < -0.39 is 0 Å². The van der Waals surface area contributed by atoms with E-state index in [-0.39, 0.29) is 0 Å². The molecule has 0 aliphatic carbocycles. The van der Waals surface area contributed by atoms with Crippen molar-refractivity contribution in [3.8, 4) is 5.75 Å². The van der Waals surface area contributed by atoms with E-state index in [1.807, 2.05) is 18.2 Å². The monoisotopic (exact) mass is 182 g/mol. The molecule has 1 aromatic rings. The van der Waals surface area contributed by atoms with Gasteiger partial charge in [0.25, 0.3) is 0 Å². The Bertz CT molecular complexity index is 281. The third kappa shape index (κ3) is 1.80. The van der Waals surface area contributed by atoms with Gasteiger partial charge in [0, 0.05) is 11.4 Å². The van der Waals surface area contributed by atoms with Crippen molar-refractivity contribution in [2.75, 3.05) is 7.11 Å². The summed E-state index contributed by atoms with van der Waals surface area (Å²) >= 11 is 5.67. The van der Waals surface area contributed by atoms with Crippen molar-refractivity contribution in [2.24, 2.45) is 0 Å². The van der Waals surface area contributed by atoms with E-state index in [2.05, 4.69) is 6.58 Å². The lowest BCUT2D eigenvalue weighted by Crippen LogP contribution is -1.88. The van der Waals surface area contributed by atoms with Crippen molar-refractivity contribution in [1.82, 2.24) is 0 Å². The van der Waals surface area contributed by atoms with Crippen molar-refractivity contribution in [1.29, 1.82) is 0 Å². The number of methoxy groups -OCH3 is 1. The van der Waals surface area contributed by atoms with Gasteiger partial charge < -0.3 is 4.74 Å². The number of benzene rings is 1. The molecule has 0 spiro atoms. The third-order valence-electron chi connectivity index (χ3n) is 1.67. The molecule has 1 rings (SSSR count). The molecule has 0 bridgehead atoms. The smallest absolute Gasteiger partial charge is 0.126 e. The summed E-state index contributed by atoms with van der Waals surface area (Å²) in [4.78, 5) is 0.